The Bertz CT molecular complexity index is 444. The first-order valence-corrected chi connectivity index (χ1v) is 4.75. The molecule has 0 spiro atoms. The number of phenols is 1. The molecule has 0 bridgehead atoms. The van der Waals surface area contributed by atoms with Gasteiger partial charge in [0.25, 0.3) is 0 Å². The molecule has 0 unspecified atom stereocenters. The molecule has 0 aliphatic rings. The summed E-state index contributed by atoms with van der Waals surface area (Å²) in [5.74, 6) is -2.45. The first-order valence-electron chi connectivity index (χ1n) is 4.75. The highest BCUT2D eigenvalue weighted by Crippen LogP contribution is 2.30. The van der Waals surface area contributed by atoms with Gasteiger partial charge in [0.1, 0.15) is 5.75 Å². The highest BCUT2D eigenvalue weighted by molar-refractivity contribution is 5.95. The van der Waals surface area contributed by atoms with Gasteiger partial charge < -0.3 is 16.2 Å². The summed E-state index contributed by atoms with van der Waals surface area (Å²) in [4.78, 5) is 10.7. The van der Waals surface area contributed by atoms with E-state index in [0.717, 1.165) is 6.07 Å². The average molecular weight is 248 g/mol. The largest absolute Gasteiger partial charge is 0.506 e. The van der Waals surface area contributed by atoms with Crippen LogP contribution in [0.15, 0.2) is 12.1 Å². The fourth-order valence-corrected chi connectivity index (χ4v) is 1.26. The quantitative estimate of drug-likeness (QED) is 0.553. The Labute approximate surface area is 95.2 Å². The van der Waals surface area contributed by atoms with Gasteiger partial charge in [-0.2, -0.15) is 13.2 Å². The fourth-order valence-electron chi connectivity index (χ4n) is 1.26. The second-order valence-corrected chi connectivity index (χ2v) is 3.37. The van der Waals surface area contributed by atoms with Gasteiger partial charge in [0, 0.05) is 11.8 Å². The molecule has 1 rings (SSSR count). The van der Waals surface area contributed by atoms with E-state index in [1.54, 1.807) is 12.2 Å². The van der Waals surface area contributed by atoms with Gasteiger partial charge in [-0.1, -0.05) is 6.92 Å². The number of hydrogen-bond acceptors (Lipinski definition) is 3. The number of phenolic OH excluding ortho intramolecular Hbond substituents is 1. The summed E-state index contributed by atoms with van der Waals surface area (Å²) in [6.07, 6.45) is -4.54. The van der Waals surface area contributed by atoms with Gasteiger partial charge in [0.2, 0.25) is 0 Å². The predicted molar refractivity (Wildman–Crippen MR) is 56.6 cm³/mol. The van der Waals surface area contributed by atoms with Crippen molar-refractivity contribution in [2.45, 2.75) is 19.5 Å². The van der Waals surface area contributed by atoms with Crippen molar-refractivity contribution < 1.29 is 23.1 Å². The van der Waals surface area contributed by atoms with Crippen molar-refractivity contribution in [3.8, 4) is 5.75 Å². The molecule has 0 aliphatic carbocycles. The number of aryl methyl sites for hydroxylation is 1. The molecule has 4 nitrogen and oxygen atoms in total. The number of alkyl halides is 3. The third-order valence-corrected chi connectivity index (χ3v) is 2.14. The van der Waals surface area contributed by atoms with E-state index in [9.17, 15) is 23.1 Å². The maximum absolute atomic E-state index is 12.0. The maximum Gasteiger partial charge on any atom is 0.471 e. The lowest BCUT2D eigenvalue weighted by molar-refractivity contribution is -0.167. The number of nitrogen functional groups attached to an aromatic ring is 1. The molecule has 7 heteroatoms. The molecule has 1 aromatic rings. The predicted octanol–water partition coefficient (Wildman–Crippen LogP) is 2.04. The van der Waals surface area contributed by atoms with Crippen LogP contribution in [-0.2, 0) is 11.2 Å². The Kier molecular flexibility index (Phi) is 3.50. The van der Waals surface area contributed by atoms with E-state index in [0.29, 0.717) is 12.0 Å². The Morgan fingerprint density at radius 3 is 2.53 bits per heavy atom. The lowest BCUT2D eigenvalue weighted by Gasteiger charge is -2.11. The minimum Gasteiger partial charge on any atom is -0.506 e. The summed E-state index contributed by atoms with van der Waals surface area (Å²) in [6.45, 7) is 1.72. The third kappa shape index (κ3) is 3.02. The fraction of sp³-hybridized carbons (Fsp3) is 0.300. The summed E-state index contributed by atoms with van der Waals surface area (Å²) >= 11 is 0. The summed E-state index contributed by atoms with van der Waals surface area (Å²) in [5.41, 5.74) is 5.91. The molecule has 17 heavy (non-hydrogen) atoms. The zero-order valence-corrected chi connectivity index (χ0v) is 8.93. The van der Waals surface area contributed by atoms with Crippen molar-refractivity contribution in [1.29, 1.82) is 0 Å². The molecule has 0 radical (unpaired) electrons. The second kappa shape index (κ2) is 4.52. The number of benzene rings is 1. The summed E-state index contributed by atoms with van der Waals surface area (Å²) in [5, 5.41) is 11.0. The van der Waals surface area contributed by atoms with E-state index in [2.05, 4.69) is 0 Å². The number of anilines is 2. The molecule has 0 fully saturated rings. The summed E-state index contributed by atoms with van der Waals surface area (Å²) in [7, 11) is 0. The van der Waals surface area contributed by atoms with E-state index in [4.69, 9.17) is 5.73 Å². The lowest BCUT2D eigenvalue weighted by Crippen LogP contribution is -2.29. The number of hydrogen-bond donors (Lipinski definition) is 3. The first-order chi connectivity index (χ1) is 7.75. The van der Waals surface area contributed by atoms with E-state index >= 15 is 0 Å². The zero-order chi connectivity index (χ0) is 13.2. The number of halogens is 3. The van der Waals surface area contributed by atoms with E-state index in [-0.39, 0.29) is 17.1 Å². The van der Waals surface area contributed by atoms with Crippen LogP contribution in [0.3, 0.4) is 0 Å². The van der Waals surface area contributed by atoms with Gasteiger partial charge in [0.05, 0.1) is 5.69 Å². The number of aromatic hydroxyl groups is 1. The normalized spacial score (nSPS) is 11.3. The Hall–Kier alpha value is -1.92. The molecule has 0 saturated carbocycles. The van der Waals surface area contributed by atoms with Crippen LogP contribution in [0.5, 0.6) is 5.75 Å². The Morgan fingerprint density at radius 2 is 2.06 bits per heavy atom. The van der Waals surface area contributed by atoms with Crippen molar-refractivity contribution in [1.82, 2.24) is 0 Å². The number of nitrogens with two attached hydrogens (primary N) is 1. The van der Waals surface area contributed by atoms with Gasteiger partial charge >= 0.3 is 12.1 Å². The minimum absolute atomic E-state index is 0.0949. The highest BCUT2D eigenvalue weighted by atomic mass is 19.4. The van der Waals surface area contributed by atoms with E-state index in [1.165, 1.54) is 6.07 Å². The Balaban J connectivity index is 3.01. The van der Waals surface area contributed by atoms with Crippen LogP contribution in [0.1, 0.15) is 12.5 Å². The Morgan fingerprint density at radius 1 is 1.47 bits per heavy atom. The average Bonchev–Trinajstić information content (AvgIpc) is 2.21. The standard InChI is InChI=1S/C10H11F3N2O2/c1-2-5-3-6(4-7(16)8(5)14)15-9(17)10(11,12)13/h3-4,16H,2,14H2,1H3,(H,15,17). The second-order valence-electron chi connectivity index (χ2n) is 3.37. The van der Waals surface area contributed by atoms with Crippen molar-refractivity contribution in [2.24, 2.45) is 0 Å². The molecule has 4 N–H and O–H groups in total. The SMILES string of the molecule is CCc1cc(NC(=O)C(F)(F)F)cc(O)c1N. The van der Waals surface area contributed by atoms with Crippen molar-refractivity contribution in [3.63, 3.8) is 0 Å². The lowest BCUT2D eigenvalue weighted by atomic mass is 10.1. The first kappa shape index (κ1) is 13.1. The number of rotatable bonds is 2. The molecule has 0 heterocycles. The van der Waals surface area contributed by atoms with Gasteiger partial charge in [-0.25, -0.2) is 0 Å². The summed E-state index contributed by atoms with van der Waals surface area (Å²) in [6, 6.07) is 2.26. The number of nitrogens with one attached hydrogen (secondary N) is 1. The van der Waals surface area contributed by atoms with Crippen LogP contribution in [0, 0.1) is 0 Å². The van der Waals surface area contributed by atoms with Crippen LogP contribution in [0.25, 0.3) is 0 Å². The van der Waals surface area contributed by atoms with Crippen molar-refractivity contribution in [2.75, 3.05) is 11.1 Å². The molecule has 0 saturated heterocycles. The van der Waals surface area contributed by atoms with Crippen LogP contribution in [-0.4, -0.2) is 17.2 Å². The van der Waals surface area contributed by atoms with Crippen LogP contribution >= 0.6 is 0 Å². The number of carbonyl (C=O) groups excluding carboxylic acids is 1. The van der Waals surface area contributed by atoms with E-state index < -0.39 is 12.1 Å². The van der Waals surface area contributed by atoms with Gasteiger partial charge in [-0.05, 0) is 18.1 Å². The van der Waals surface area contributed by atoms with Gasteiger partial charge in [-0.15, -0.1) is 0 Å². The van der Waals surface area contributed by atoms with Crippen molar-refractivity contribution >= 4 is 17.3 Å². The highest BCUT2D eigenvalue weighted by Gasteiger charge is 2.38. The monoisotopic (exact) mass is 248 g/mol. The molecular weight excluding hydrogens is 237 g/mol. The molecule has 0 aliphatic heterocycles. The molecule has 1 aromatic carbocycles. The number of amides is 1. The smallest absolute Gasteiger partial charge is 0.471 e. The summed E-state index contributed by atoms with van der Waals surface area (Å²) < 4.78 is 36.0. The van der Waals surface area contributed by atoms with Crippen molar-refractivity contribution in [3.05, 3.63) is 17.7 Å². The van der Waals surface area contributed by atoms with Crippen LogP contribution < -0.4 is 11.1 Å². The maximum atomic E-state index is 12.0. The molecule has 1 amide bonds. The zero-order valence-electron chi connectivity index (χ0n) is 8.93. The molecule has 0 aromatic heterocycles. The topological polar surface area (TPSA) is 75.3 Å². The molecule has 0 atom stereocenters. The van der Waals surface area contributed by atoms with Crippen LogP contribution in [0.2, 0.25) is 0 Å². The van der Waals surface area contributed by atoms with Gasteiger partial charge in [0.15, 0.2) is 0 Å². The van der Waals surface area contributed by atoms with E-state index in [1.807, 2.05) is 0 Å². The third-order valence-electron chi connectivity index (χ3n) is 2.14. The molecular formula is C10H11F3N2O2. The minimum atomic E-state index is -4.97. The van der Waals surface area contributed by atoms with Crippen LogP contribution in [0.4, 0.5) is 24.5 Å². The number of carbonyl (C=O) groups is 1. The molecule has 94 valence electrons. The van der Waals surface area contributed by atoms with Gasteiger partial charge in [-0.3, -0.25) is 4.79 Å².